The normalized spacial score (nSPS) is 10.7. The number of hydrogen-bond donors (Lipinski definition) is 1. The molecular formula is C6H7F2N3S. The fraction of sp³-hybridized carbons (Fsp3) is 0.333. The minimum atomic E-state index is -2.51. The molecule has 0 aliphatic rings. The first-order valence-electron chi connectivity index (χ1n) is 3.14. The molecule has 1 aromatic rings. The molecule has 0 fully saturated rings. The van der Waals surface area contributed by atoms with Gasteiger partial charge in [-0.1, -0.05) is 0 Å². The highest BCUT2D eigenvalue weighted by Crippen LogP contribution is 2.22. The van der Waals surface area contributed by atoms with Crippen LogP contribution < -0.4 is 5.73 Å². The molecule has 6 heteroatoms. The van der Waals surface area contributed by atoms with Crippen molar-refractivity contribution in [2.75, 3.05) is 5.73 Å². The third kappa shape index (κ3) is 2.61. The second-order valence-electron chi connectivity index (χ2n) is 2.10. The van der Waals surface area contributed by atoms with Crippen LogP contribution in [0.4, 0.5) is 14.6 Å². The van der Waals surface area contributed by atoms with Crippen LogP contribution >= 0.6 is 11.8 Å². The van der Waals surface area contributed by atoms with Crippen LogP contribution in [0.1, 0.15) is 5.69 Å². The topological polar surface area (TPSA) is 51.8 Å². The van der Waals surface area contributed by atoms with Crippen LogP contribution in [0.25, 0.3) is 0 Å². The highest BCUT2D eigenvalue weighted by molar-refractivity contribution is 7.99. The molecule has 0 saturated heterocycles. The summed E-state index contributed by atoms with van der Waals surface area (Å²) < 4.78 is 23.7. The largest absolute Gasteiger partial charge is 0.384 e. The predicted molar refractivity (Wildman–Crippen MR) is 43.0 cm³/mol. The van der Waals surface area contributed by atoms with Crippen molar-refractivity contribution in [2.45, 2.75) is 17.8 Å². The zero-order chi connectivity index (χ0) is 9.14. The lowest BCUT2D eigenvalue weighted by Crippen LogP contribution is -1.97. The van der Waals surface area contributed by atoms with Gasteiger partial charge in [0, 0.05) is 11.8 Å². The monoisotopic (exact) mass is 191 g/mol. The zero-order valence-electron chi connectivity index (χ0n) is 6.29. The van der Waals surface area contributed by atoms with Crippen LogP contribution in [-0.2, 0) is 0 Å². The Hall–Kier alpha value is -0.910. The van der Waals surface area contributed by atoms with Gasteiger partial charge in [0.1, 0.15) is 5.82 Å². The van der Waals surface area contributed by atoms with Gasteiger partial charge >= 0.3 is 0 Å². The van der Waals surface area contributed by atoms with E-state index in [9.17, 15) is 8.78 Å². The Labute approximate surface area is 72.4 Å². The van der Waals surface area contributed by atoms with E-state index in [1.807, 2.05) is 0 Å². The standard InChI is InChI=1S/C6H7F2N3S/c1-3-2-4(9)11-6(10-3)12-5(7)8/h2,5H,1H3,(H2,9,10,11). The Kier molecular flexibility index (Phi) is 2.80. The second-order valence-corrected chi connectivity index (χ2v) is 3.05. The van der Waals surface area contributed by atoms with Gasteiger partial charge in [-0.15, -0.1) is 0 Å². The Bertz CT molecular complexity index is 259. The quantitative estimate of drug-likeness (QED) is 0.570. The highest BCUT2D eigenvalue weighted by atomic mass is 32.2. The number of aryl methyl sites for hydroxylation is 1. The molecule has 0 radical (unpaired) electrons. The Morgan fingerprint density at radius 3 is 2.67 bits per heavy atom. The third-order valence-corrected chi connectivity index (χ3v) is 1.62. The van der Waals surface area contributed by atoms with Gasteiger partial charge in [-0.25, -0.2) is 9.97 Å². The SMILES string of the molecule is Cc1cc(N)nc(SC(F)F)n1. The number of thioether (sulfide) groups is 1. The van der Waals surface area contributed by atoms with Gasteiger partial charge in [-0.05, 0) is 18.7 Å². The minimum Gasteiger partial charge on any atom is -0.384 e. The van der Waals surface area contributed by atoms with Gasteiger partial charge in [0.2, 0.25) is 0 Å². The average Bonchev–Trinajstić information content (AvgIpc) is 1.81. The summed E-state index contributed by atoms with van der Waals surface area (Å²) in [5.74, 6) is -2.29. The molecular weight excluding hydrogens is 184 g/mol. The summed E-state index contributed by atoms with van der Waals surface area (Å²) in [5.41, 5.74) is 5.91. The first-order valence-corrected chi connectivity index (χ1v) is 4.02. The van der Waals surface area contributed by atoms with Crippen molar-refractivity contribution in [1.82, 2.24) is 9.97 Å². The van der Waals surface area contributed by atoms with Crippen molar-refractivity contribution in [3.63, 3.8) is 0 Å². The first kappa shape index (κ1) is 9.18. The maximum atomic E-state index is 11.8. The van der Waals surface area contributed by atoms with Crippen molar-refractivity contribution in [1.29, 1.82) is 0 Å². The molecule has 0 aromatic carbocycles. The molecule has 0 spiro atoms. The third-order valence-electron chi connectivity index (χ3n) is 1.05. The minimum absolute atomic E-state index is 0.0162. The number of alkyl halides is 2. The first-order chi connectivity index (χ1) is 5.58. The highest BCUT2D eigenvalue weighted by Gasteiger charge is 2.08. The summed E-state index contributed by atoms with van der Waals surface area (Å²) in [4.78, 5) is 7.39. The van der Waals surface area contributed by atoms with Crippen molar-refractivity contribution in [3.05, 3.63) is 11.8 Å². The van der Waals surface area contributed by atoms with E-state index >= 15 is 0 Å². The fourth-order valence-electron chi connectivity index (χ4n) is 0.697. The van der Waals surface area contributed by atoms with Gasteiger partial charge in [-0.3, -0.25) is 0 Å². The van der Waals surface area contributed by atoms with Crippen LogP contribution in [0.5, 0.6) is 0 Å². The number of hydrogen-bond acceptors (Lipinski definition) is 4. The van der Waals surface area contributed by atoms with Crippen LogP contribution in [0.3, 0.4) is 0 Å². The summed E-state index contributed by atoms with van der Waals surface area (Å²) in [6.07, 6.45) is 0. The summed E-state index contributed by atoms with van der Waals surface area (Å²) in [6, 6.07) is 1.52. The van der Waals surface area contributed by atoms with E-state index in [-0.39, 0.29) is 11.0 Å². The number of aromatic nitrogens is 2. The van der Waals surface area contributed by atoms with Gasteiger partial charge in [-0.2, -0.15) is 8.78 Å². The van der Waals surface area contributed by atoms with E-state index in [4.69, 9.17) is 5.73 Å². The Morgan fingerprint density at radius 1 is 1.50 bits per heavy atom. The molecule has 1 aromatic heterocycles. The number of nitrogens with zero attached hydrogens (tertiary/aromatic N) is 2. The number of halogens is 2. The summed E-state index contributed by atoms with van der Waals surface area (Å²) in [7, 11) is 0. The van der Waals surface area contributed by atoms with Gasteiger partial charge in [0.15, 0.2) is 5.16 Å². The molecule has 0 amide bonds. The average molecular weight is 191 g/mol. The lowest BCUT2D eigenvalue weighted by Gasteiger charge is -2.00. The van der Waals surface area contributed by atoms with E-state index in [0.29, 0.717) is 17.5 Å². The predicted octanol–water partition coefficient (Wildman–Crippen LogP) is 1.68. The molecule has 1 heterocycles. The van der Waals surface area contributed by atoms with Crippen molar-refractivity contribution in [2.24, 2.45) is 0 Å². The summed E-state index contributed by atoms with van der Waals surface area (Å²) >= 11 is 0.291. The van der Waals surface area contributed by atoms with Gasteiger partial charge in [0.05, 0.1) is 0 Å². The fourth-order valence-corrected chi connectivity index (χ4v) is 1.21. The Morgan fingerprint density at radius 2 is 2.17 bits per heavy atom. The van der Waals surface area contributed by atoms with Crippen LogP contribution in [0.2, 0.25) is 0 Å². The van der Waals surface area contributed by atoms with Crippen LogP contribution in [0.15, 0.2) is 11.2 Å². The molecule has 3 nitrogen and oxygen atoms in total. The van der Waals surface area contributed by atoms with Crippen LogP contribution in [0, 0.1) is 6.92 Å². The molecule has 0 atom stereocenters. The molecule has 1 rings (SSSR count). The maximum Gasteiger partial charge on any atom is 0.291 e. The number of nitrogens with two attached hydrogens (primary N) is 1. The molecule has 2 N–H and O–H groups in total. The van der Waals surface area contributed by atoms with E-state index in [1.165, 1.54) is 6.07 Å². The smallest absolute Gasteiger partial charge is 0.291 e. The van der Waals surface area contributed by atoms with E-state index < -0.39 is 5.76 Å². The summed E-state index contributed by atoms with van der Waals surface area (Å²) in [5, 5.41) is 0.0162. The second kappa shape index (κ2) is 3.66. The van der Waals surface area contributed by atoms with E-state index in [0.717, 1.165) is 0 Å². The van der Waals surface area contributed by atoms with Crippen molar-refractivity contribution < 1.29 is 8.78 Å². The van der Waals surface area contributed by atoms with Gasteiger partial charge < -0.3 is 5.73 Å². The van der Waals surface area contributed by atoms with Gasteiger partial charge in [0.25, 0.3) is 5.76 Å². The lowest BCUT2D eigenvalue weighted by molar-refractivity contribution is 0.251. The summed E-state index contributed by atoms with van der Waals surface area (Å²) in [6.45, 7) is 1.67. The van der Waals surface area contributed by atoms with E-state index in [1.54, 1.807) is 6.92 Å². The number of rotatable bonds is 2. The van der Waals surface area contributed by atoms with E-state index in [2.05, 4.69) is 9.97 Å². The molecule has 0 unspecified atom stereocenters. The molecule has 66 valence electrons. The lowest BCUT2D eigenvalue weighted by atomic mass is 10.4. The van der Waals surface area contributed by atoms with Crippen molar-refractivity contribution >= 4 is 17.6 Å². The molecule has 0 saturated carbocycles. The maximum absolute atomic E-state index is 11.8. The zero-order valence-corrected chi connectivity index (χ0v) is 7.11. The van der Waals surface area contributed by atoms with Crippen LogP contribution in [-0.4, -0.2) is 15.7 Å². The molecule has 12 heavy (non-hydrogen) atoms. The molecule has 0 bridgehead atoms. The number of anilines is 1. The molecule has 0 aliphatic carbocycles. The Balaban J connectivity index is 2.85. The molecule has 0 aliphatic heterocycles. The number of nitrogen functional groups attached to an aromatic ring is 1. The van der Waals surface area contributed by atoms with Crippen molar-refractivity contribution in [3.8, 4) is 0 Å².